The number of halogens is 3. The Bertz CT molecular complexity index is 463. The summed E-state index contributed by atoms with van der Waals surface area (Å²) < 4.78 is 49.9. The van der Waals surface area contributed by atoms with Crippen molar-refractivity contribution in [1.29, 1.82) is 0 Å². The molecule has 0 aliphatic carbocycles. The highest BCUT2D eigenvalue weighted by Gasteiger charge is 2.64. The van der Waals surface area contributed by atoms with Crippen molar-refractivity contribution in [3.63, 3.8) is 0 Å². The Kier molecular flexibility index (Phi) is 4.49. The number of rotatable bonds is 3. The molecule has 1 rings (SSSR count). The summed E-state index contributed by atoms with van der Waals surface area (Å²) in [7, 11) is 0.838. The molecule has 0 amide bonds. The van der Waals surface area contributed by atoms with Crippen LogP contribution in [0, 0.1) is 0 Å². The molecule has 0 aromatic heterocycles. The van der Waals surface area contributed by atoms with E-state index in [1.165, 1.54) is 45.0 Å². The van der Waals surface area contributed by atoms with Gasteiger partial charge in [-0.25, -0.2) is 4.79 Å². The van der Waals surface area contributed by atoms with Gasteiger partial charge in [0.15, 0.2) is 0 Å². The van der Waals surface area contributed by atoms with Crippen LogP contribution in [-0.2, 0) is 19.9 Å². The van der Waals surface area contributed by atoms with Crippen LogP contribution in [0.2, 0.25) is 0 Å². The molecule has 0 aliphatic rings. The average Bonchev–Trinajstić information content (AvgIpc) is 2.27. The molecule has 0 saturated heterocycles. The molecule has 0 bridgehead atoms. The molecule has 0 unspecified atom stereocenters. The Morgan fingerprint density at radius 1 is 1.05 bits per heavy atom. The van der Waals surface area contributed by atoms with Crippen LogP contribution in [0.1, 0.15) is 26.3 Å². The summed E-state index contributed by atoms with van der Waals surface area (Å²) in [6.45, 7) is 4.48. The van der Waals surface area contributed by atoms with E-state index in [-0.39, 0.29) is 5.56 Å². The van der Waals surface area contributed by atoms with Crippen molar-refractivity contribution >= 4 is 5.97 Å². The lowest BCUT2D eigenvalue weighted by molar-refractivity contribution is -0.280. The molecule has 0 heterocycles. The number of hydrogen-bond acceptors (Lipinski definition) is 3. The summed E-state index contributed by atoms with van der Waals surface area (Å²) in [6.07, 6.45) is -4.94. The van der Waals surface area contributed by atoms with E-state index >= 15 is 0 Å². The Balaban J connectivity index is 3.39. The minimum absolute atomic E-state index is 0.316. The third-order valence-electron chi connectivity index (χ3n) is 2.57. The van der Waals surface area contributed by atoms with Crippen LogP contribution in [0.5, 0.6) is 0 Å². The predicted octanol–water partition coefficient (Wildman–Crippen LogP) is 3.43. The molecule has 0 N–H and O–H groups in total. The highest BCUT2D eigenvalue weighted by Crippen LogP contribution is 2.43. The quantitative estimate of drug-likeness (QED) is 0.800. The maximum Gasteiger partial charge on any atom is 0.432 e. The highest BCUT2D eigenvalue weighted by molar-refractivity contribution is 5.83. The van der Waals surface area contributed by atoms with Crippen molar-refractivity contribution < 1.29 is 27.4 Å². The van der Waals surface area contributed by atoms with Crippen molar-refractivity contribution in [3.8, 4) is 0 Å². The van der Waals surface area contributed by atoms with Crippen LogP contribution >= 0.6 is 0 Å². The first-order valence-corrected chi connectivity index (χ1v) is 5.95. The van der Waals surface area contributed by atoms with E-state index in [0.29, 0.717) is 0 Å². The minimum atomic E-state index is -4.94. The lowest BCUT2D eigenvalue weighted by Crippen LogP contribution is -2.53. The van der Waals surface area contributed by atoms with Crippen LogP contribution in [0.25, 0.3) is 0 Å². The number of alkyl halides is 3. The molecule has 0 spiro atoms. The summed E-state index contributed by atoms with van der Waals surface area (Å²) in [6, 6.07) is 6.72. The molecule has 1 aromatic rings. The number of ether oxygens (including phenoxy) is 2. The standard InChI is InChI=1S/C14H17F3O3/c1-12(2,3)20-11(18)13(19-4,14(15,16)17)10-8-6-5-7-9-10/h5-9H,1-4H3/t13-/m1/s1. The van der Waals surface area contributed by atoms with E-state index in [9.17, 15) is 18.0 Å². The van der Waals surface area contributed by atoms with Crippen molar-refractivity contribution in [2.24, 2.45) is 0 Å². The van der Waals surface area contributed by atoms with Crippen molar-refractivity contribution in [2.45, 2.75) is 38.1 Å². The summed E-state index contributed by atoms with van der Waals surface area (Å²) >= 11 is 0. The smallest absolute Gasteiger partial charge is 0.432 e. The monoisotopic (exact) mass is 290 g/mol. The van der Waals surface area contributed by atoms with Gasteiger partial charge in [0.25, 0.3) is 5.60 Å². The number of methoxy groups -OCH3 is 1. The van der Waals surface area contributed by atoms with E-state index in [1.807, 2.05) is 0 Å². The first-order valence-electron chi connectivity index (χ1n) is 5.95. The zero-order valence-electron chi connectivity index (χ0n) is 11.7. The van der Waals surface area contributed by atoms with Gasteiger partial charge in [-0.1, -0.05) is 30.3 Å². The third-order valence-corrected chi connectivity index (χ3v) is 2.57. The molecule has 1 atom stereocenters. The summed E-state index contributed by atoms with van der Waals surface area (Å²) in [4.78, 5) is 12.1. The van der Waals surface area contributed by atoms with Crippen molar-refractivity contribution in [2.75, 3.05) is 7.11 Å². The maximum atomic E-state index is 13.5. The van der Waals surface area contributed by atoms with E-state index in [4.69, 9.17) is 4.74 Å². The SMILES string of the molecule is CO[C@@](C(=O)OC(C)(C)C)(c1ccccc1)C(F)(F)F. The minimum Gasteiger partial charge on any atom is -0.457 e. The van der Waals surface area contributed by atoms with Crippen LogP contribution < -0.4 is 0 Å². The lowest BCUT2D eigenvalue weighted by Gasteiger charge is -2.34. The van der Waals surface area contributed by atoms with Gasteiger partial charge in [0.05, 0.1) is 0 Å². The van der Waals surface area contributed by atoms with Crippen LogP contribution in [0.3, 0.4) is 0 Å². The highest BCUT2D eigenvalue weighted by atomic mass is 19.4. The van der Waals surface area contributed by atoms with Gasteiger partial charge in [-0.05, 0) is 20.8 Å². The molecule has 6 heteroatoms. The van der Waals surface area contributed by atoms with Crippen LogP contribution in [0.15, 0.2) is 30.3 Å². The maximum absolute atomic E-state index is 13.5. The first-order chi connectivity index (χ1) is 9.04. The van der Waals surface area contributed by atoms with E-state index in [2.05, 4.69) is 4.74 Å². The average molecular weight is 290 g/mol. The van der Waals surface area contributed by atoms with Crippen molar-refractivity contribution in [1.82, 2.24) is 0 Å². The molecular weight excluding hydrogens is 273 g/mol. The molecule has 0 saturated carbocycles. The molecule has 0 radical (unpaired) electrons. The third kappa shape index (κ3) is 3.12. The number of esters is 1. The van der Waals surface area contributed by atoms with Crippen LogP contribution in [-0.4, -0.2) is 24.9 Å². The molecule has 0 aliphatic heterocycles. The molecule has 3 nitrogen and oxygen atoms in total. The van der Waals surface area contributed by atoms with E-state index in [1.54, 1.807) is 6.07 Å². The Labute approximate surface area is 115 Å². The molecule has 0 fully saturated rings. The zero-order chi connectivity index (χ0) is 15.6. The fourth-order valence-corrected chi connectivity index (χ4v) is 1.74. The van der Waals surface area contributed by atoms with Gasteiger partial charge in [-0.2, -0.15) is 13.2 Å². The van der Waals surface area contributed by atoms with Gasteiger partial charge in [-0.15, -0.1) is 0 Å². The van der Waals surface area contributed by atoms with Gasteiger partial charge in [0.2, 0.25) is 0 Å². The normalized spacial score (nSPS) is 15.6. The largest absolute Gasteiger partial charge is 0.457 e. The second-order valence-electron chi connectivity index (χ2n) is 5.25. The first kappa shape index (κ1) is 16.5. The zero-order valence-corrected chi connectivity index (χ0v) is 11.7. The summed E-state index contributed by atoms with van der Waals surface area (Å²) in [5, 5.41) is 0. The van der Waals surface area contributed by atoms with Crippen LogP contribution in [0.4, 0.5) is 13.2 Å². The summed E-state index contributed by atoms with van der Waals surface area (Å²) in [5.41, 5.74) is -4.49. The number of carbonyl (C=O) groups excluding carboxylic acids is 1. The van der Waals surface area contributed by atoms with Gasteiger partial charge >= 0.3 is 12.1 Å². The lowest BCUT2D eigenvalue weighted by atomic mass is 9.92. The van der Waals surface area contributed by atoms with Gasteiger partial charge in [-0.3, -0.25) is 0 Å². The second kappa shape index (κ2) is 5.44. The molecule has 1 aromatic carbocycles. The summed E-state index contributed by atoms with van der Waals surface area (Å²) in [5.74, 6) is -1.48. The predicted molar refractivity (Wildman–Crippen MR) is 67.0 cm³/mol. The number of benzene rings is 1. The van der Waals surface area contributed by atoms with E-state index < -0.39 is 23.3 Å². The Hall–Kier alpha value is -1.56. The van der Waals surface area contributed by atoms with E-state index in [0.717, 1.165) is 7.11 Å². The molecular formula is C14H17F3O3. The molecule has 112 valence electrons. The van der Waals surface area contributed by atoms with Crippen molar-refractivity contribution in [3.05, 3.63) is 35.9 Å². The topological polar surface area (TPSA) is 35.5 Å². The Morgan fingerprint density at radius 2 is 1.55 bits per heavy atom. The Morgan fingerprint density at radius 3 is 1.90 bits per heavy atom. The fourth-order valence-electron chi connectivity index (χ4n) is 1.74. The number of hydrogen-bond donors (Lipinski definition) is 0. The van der Waals surface area contributed by atoms with Gasteiger partial charge < -0.3 is 9.47 Å². The van der Waals surface area contributed by atoms with Gasteiger partial charge in [0.1, 0.15) is 5.60 Å². The van der Waals surface area contributed by atoms with Gasteiger partial charge in [0, 0.05) is 12.7 Å². The fraction of sp³-hybridized carbons (Fsp3) is 0.500. The second-order valence-corrected chi connectivity index (χ2v) is 5.25. The molecule has 20 heavy (non-hydrogen) atoms. The number of carbonyl (C=O) groups is 1.